The minimum atomic E-state index is -3.33. The van der Waals surface area contributed by atoms with Crippen molar-refractivity contribution in [2.24, 2.45) is 5.41 Å². The third kappa shape index (κ3) is 3.30. The van der Waals surface area contributed by atoms with E-state index in [1.807, 2.05) is 0 Å². The van der Waals surface area contributed by atoms with Crippen LogP contribution in [0.2, 0.25) is 0 Å². The summed E-state index contributed by atoms with van der Waals surface area (Å²) in [6, 6.07) is 3.48. The summed E-state index contributed by atoms with van der Waals surface area (Å²) in [6.45, 7) is 4.37. The molecule has 1 aromatic rings. The summed E-state index contributed by atoms with van der Waals surface area (Å²) in [6.07, 6.45) is 2.92. The second-order valence-electron chi connectivity index (χ2n) is 5.28. The van der Waals surface area contributed by atoms with Gasteiger partial charge in [-0.05, 0) is 52.7 Å². The molecule has 0 aromatic carbocycles. The van der Waals surface area contributed by atoms with E-state index >= 15 is 0 Å². The number of hydrogen-bond acceptors (Lipinski definition) is 3. The van der Waals surface area contributed by atoms with E-state index in [4.69, 9.17) is 0 Å². The number of halogens is 1. The molecule has 1 N–H and O–H groups in total. The van der Waals surface area contributed by atoms with E-state index in [2.05, 4.69) is 34.5 Å². The molecule has 17 heavy (non-hydrogen) atoms. The summed E-state index contributed by atoms with van der Waals surface area (Å²) in [5.41, 5.74) is 0.253. The van der Waals surface area contributed by atoms with Gasteiger partial charge < -0.3 is 0 Å². The minimum Gasteiger partial charge on any atom is -0.207 e. The summed E-state index contributed by atoms with van der Waals surface area (Å²) in [7, 11) is -3.33. The van der Waals surface area contributed by atoms with Gasteiger partial charge in [0.1, 0.15) is 4.21 Å². The van der Waals surface area contributed by atoms with Crippen LogP contribution in [-0.4, -0.2) is 14.5 Å². The highest BCUT2D eigenvalue weighted by Crippen LogP contribution is 2.37. The van der Waals surface area contributed by atoms with E-state index in [0.717, 1.165) is 23.0 Å². The van der Waals surface area contributed by atoms with E-state index in [9.17, 15) is 8.42 Å². The molecule has 96 valence electrons. The first-order valence-corrected chi connectivity index (χ1v) is 8.65. The van der Waals surface area contributed by atoms with Crippen molar-refractivity contribution in [3.05, 3.63) is 15.9 Å². The molecule has 2 rings (SSSR count). The molecule has 1 aliphatic rings. The topological polar surface area (TPSA) is 46.2 Å². The van der Waals surface area contributed by atoms with Crippen molar-refractivity contribution in [1.82, 2.24) is 4.72 Å². The molecule has 0 radical (unpaired) electrons. The van der Waals surface area contributed by atoms with Crippen LogP contribution in [0.15, 0.2) is 20.1 Å². The molecular weight excluding hydrogens is 322 g/mol. The van der Waals surface area contributed by atoms with Crippen LogP contribution in [0.5, 0.6) is 0 Å². The lowest BCUT2D eigenvalue weighted by Crippen LogP contribution is -2.33. The number of rotatable bonds is 3. The fourth-order valence-electron chi connectivity index (χ4n) is 2.26. The minimum absolute atomic E-state index is 0.0795. The Balaban J connectivity index is 2.09. The SMILES string of the molecule is CC1(C)CCC(NS(=O)(=O)c2ccc(Br)s2)C1. The highest BCUT2D eigenvalue weighted by Gasteiger charge is 2.33. The Morgan fingerprint density at radius 3 is 2.65 bits per heavy atom. The predicted molar refractivity (Wildman–Crippen MR) is 73.8 cm³/mol. The van der Waals surface area contributed by atoms with Crippen molar-refractivity contribution in [3.63, 3.8) is 0 Å². The second kappa shape index (κ2) is 4.64. The van der Waals surface area contributed by atoms with Gasteiger partial charge in [0.25, 0.3) is 0 Å². The molecule has 1 aliphatic carbocycles. The first-order chi connectivity index (χ1) is 7.78. The van der Waals surface area contributed by atoms with Crippen molar-refractivity contribution in [2.75, 3.05) is 0 Å². The van der Waals surface area contributed by atoms with Crippen molar-refractivity contribution >= 4 is 37.3 Å². The Morgan fingerprint density at radius 1 is 1.47 bits per heavy atom. The Morgan fingerprint density at radius 2 is 2.18 bits per heavy atom. The monoisotopic (exact) mass is 337 g/mol. The third-order valence-electron chi connectivity index (χ3n) is 3.10. The molecule has 1 fully saturated rings. The van der Waals surface area contributed by atoms with Crippen molar-refractivity contribution in [3.8, 4) is 0 Å². The summed E-state index contributed by atoms with van der Waals surface area (Å²) < 4.78 is 28.2. The van der Waals surface area contributed by atoms with Crippen LogP contribution in [0.25, 0.3) is 0 Å². The van der Waals surface area contributed by atoms with E-state index in [-0.39, 0.29) is 11.5 Å². The third-order valence-corrected chi connectivity index (χ3v) is 6.74. The average Bonchev–Trinajstić information content (AvgIpc) is 2.72. The molecule has 6 heteroatoms. The van der Waals surface area contributed by atoms with Gasteiger partial charge in [0.15, 0.2) is 0 Å². The van der Waals surface area contributed by atoms with Crippen LogP contribution >= 0.6 is 27.3 Å². The van der Waals surface area contributed by atoms with Crippen LogP contribution in [0, 0.1) is 5.41 Å². The van der Waals surface area contributed by atoms with Gasteiger partial charge in [0.2, 0.25) is 10.0 Å². The Labute approximate surface area is 115 Å². The molecule has 0 spiro atoms. The highest BCUT2D eigenvalue weighted by atomic mass is 79.9. The zero-order valence-electron chi connectivity index (χ0n) is 9.86. The largest absolute Gasteiger partial charge is 0.250 e. The standard InChI is InChI=1S/C11H16BrNO2S2/c1-11(2)6-5-8(7-11)13-17(14,15)10-4-3-9(12)16-10/h3-4,8,13H,5-7H2,1-2H3. The van der Waals surface area contributed by atoms with Gasteiger partial charge in [0, 0.05) is 6.04 Å². The maximum Gasteiger partial charge on any atom is 0.250 e. The van der Waals surface area contributed by atoms with E-state index < -0.39 is 10.0 Å². The van der Waals surface area contributed by atoms with Crippen LogP contribution in [0.1, 0.15) is 33.1 Å². The molecule has 0 aliphatic heterocycles. The van der Waals surface area contributed by atoms with Gasteiger partial charge in [-0.2, -0.15) is 0 Å². The van der Waals surface area contributed by atoms with Crippen LogP contribution in [0.3, 0.4) is 0 Å². The summed E-state index contributed by atoms with van der Waals surface area (Å²) in [5.74, 6) is 0. The number of sulfonamides is 1. The van der Waals surface area contributed by atoms with E-state index in [1.54, 1.807) is 12.1 Å². The zero-order valence-corrected chi connectivity index (χ0v) is 13.1. The van der Waals surface area contributed by atoms with Crippen molar-refractivity contribution in [2.45, 2.75) is 43.4 Å². The maximum absolute atomic E-state index is 12.1. The summed E-state index contributed by atoms with van der Waals surface area (Å²) >= 11 is 4.53. The molecule has 1 unspecified atom stereocenters. The smallest absolute Gasteiger partial charge is 0.207 e. The van der Waals surface area contributed by atoms with Gasteiger partial charge in [-0.15, -0.1) is 11.3 Å². The number of nitrogens with one attached hydrogen (secondary N) is 1. The van der Waals surface area contributed by atoms with Crippen molar-refractivity contribution in [1.29, 1.82) is 0 Å². The normalized spacial score (nSPS) is 24.1. The van der Waals surface area contributed by atoms with Gasteiger partial charge in [0.05, 0.1) is 3.79 Å². The van der Waals surface area contributed by atoms with Crippen LogP contribution in [-0.2, 0) is 10.0 Å². The Hall–Kier alpha value is 0.0900. The molecule has 0 saturated heterocycles. The number of hydrogen-bond donors (Lipinski definition) is 1. The van der Waals surface area contributed by atoms with Crippen LogP contribution < -0.4 is 4.72 Å². The van der Waals surface area contributed by atoms with Crippen LogP contribution in [0.4, 0.5) is 0 Å². The van der Waals surface area contributed by atoms with Crippen molar-refractivity contribution < 1.29 is 8.42 Å². The molecule has 0 bridgehead atoms. The molecule has 1 saturated carbocycles. The lowest BCUT2D eigenvalue weighted by atomic mass is 9.92. The fourth-order valence-corrected chi connectivity index (χ4v) is 5.55. The second-order valence-corrected chi connectivity index (χ2v) is 9.69. The molecule has 1 aromatic heterocycles. The maximum atomic E-state index is 12.1. The first-order valence-electron chi connectivity index (χ1n) is 5.56. The van der Waals surface area contributed by atoms with Gasteiger partial charge >= 0.3 is 0 Å². The Bertz CT molecular complexity index is 507. The molecule has 1 atom stereocenters. The van der Waals surface area contributed by atoms with Gasteiger partial charge in [-0.25, -0.2) is 13.1 Å². The van der Waals surface area contributed by atoms with E-state index in [1.165, 1.54) is 11.3 Å². The van der Waals surface area contributed by atoms with Gasteiger partial charge in [-0.3, -0.25) is 0 Å². The molecule has 0 amide bonds. The fraction of sp³-hybridized carbons (Fsp3) is 0.636. The summed E-state index contributed by atoms with van der Waals surface area (Å²) in [5, 5.41) is 0. The quantitative estimate of drug-likeness (QED) is 0.918. The number of thiophene rings is 1. The van der Waals surface area contributed by atoms with Gasteiger partial charge in [-0.1, -0.05) is 13.8 Å². The summed E-state index contributed by atoms with van der Waals surface area (Å²) in [4.78, 5) is 0. The molecular formula is C11H16BrNO2S2. The molecule has 1 heterocycles. The Kier molecular flexibility index (Phi) is 3.69. The molecule has 3 nitrogen and oxygen atoms in total. The predicted octanol–water partition coefficient (Wildman–Crippen LogP) is 3.37. The average molecular weight is 338 g/mol. The lowest BCUT2D eigenvalue weighted by molar-refractivity contribution is 0.372. The first kappa shape index (κ1) is 13.5. The van der Waals surface area contributed by atoms with E-state index in [0.29, 0.717) is 4.21 Å². The highest BCUT2D eigenvalue weighted by molar-refractivity contribution is 9.11. The zero-order chi connectivity index (χ0) is 12.7. The lowest BCUT2D eigenvalue weighted by Gasteiger charge is -2.17.